The molecule has 0 radical (unpaired) electrons. The van der Waals surface area contributed by atoms with Gasteiger partial charge in [-0.2, -0.15) is 0 Å². The molecule has 114 valence electrons. The minimum Gasteiger partial charge on any atom is -0.361 e. The lowest BCUT2D eigenvalue weighted by Crippen LogP contribution is -2.25. The Morgan fingerprint density at radius 2 is 2.36 bits per heavy atom. The van der Waals surface area contributed by atoms with Gasteiger partial charge in [0.1, 0.15) is 11.5 Å². The fourth-order valence-electron chi connectivity index (χ4n) is 3.16. The number of hydrogen-bond acceptors (Lipinski definition) is 5. The summed E-state index contributed by atoms with van der Waals surface area (Å²) in [5, 5.41) is 6.99. The number of nitrogens with one attached hydrogen (secondary N) is 1. The number of aromatic nitrogens is 4. The molecule has 0 bridgehead atoms. The summed E-state index contributed by atoms with van der Waals surface area (Å²) in [6.07, 6.45) is 3.88. The van der Waals surface area contributed by atoms with Gasteiger partial charge in [-0.15, -0.1) is 0 Å². The number of rotatable bonds is 3. The van der Waals surface area contributed by atoms with Crippen LogP contribution in [-0.2, 0) is 6.54 Å². The molecule has 0 spiro atoms. The maximum Gasteiger partial charge on any atom is 0.272 e. The van der Waals surface area contributed by atoms with Gasteiger partial charge in [0.15, 0.2) is 5.65 Å². The normalized spacial score (nSPS) is 19.2. The van der Waals surface area contributed by atoms with Crippen molar-refractivity contribution < 1.29 is 4.52 Å². The molecule has 0 saturated carbocycles. The van der Waals surface area contributed by atoms with E-state index in [1.807, 2.05) is 13.0 Å². The molecule has 22 heavy (non-hydrogen) atoms. The van der Waals surface area contributed by atoms with Crippen LogP contribution >= 0.6 is 0 Å². The van der Waals surface area contributed by atoms with Crippen LogP contribution in [0.4, 0.5) is 0 Å². The van der Waals surface area contributed by atoms with E-state index in [-0.39, 0.29) is 11.6 Å². The van der Waals surface area contributed by atoms with Crippen molar-refractivity contribution >= 4 is 5.65 Å². The molecule has 4 rings (SSSR count). The second-order valence-corrected chi connectivity index (χ2v) is 5.73. The van der Waals surface area contributed by atoms with E-state index in [1.165, 1.54) is 4.52 Å². The maximum absolute atomic E-state index is 12.0. The third-order valence-corrected chi connectivity index (χ3v) is 4.15. The second-order valence-electron chi connectivity index (χ2n) is 5.73. The minimum absolute atomic E-state index is 0.0852. The standard InChI is InChI=1S/C15H17N5O2/c1-10-7-12(18-22-10)13-3-2-6-19(13)9-11-8-15(21)20-14(17-11)4-5-16-20/h4-5,7-8,13,16H,2-3,6,9H2,1H3. The number of fused-ring (bicyclic) bond motifs is 1. The van der Waals surface area contributed by atoms with Crippen LogP contribution in [0.15, 0.2) is 33.7 Å². The van der Waals surface area contributed by atoms with Crippen LogP contribution in [0.2, 0.25) is 0 Å². The Balaban J connectivity index is 1.62. The highest BCUT2D eigenvalue weighted by Gasteiger charge is 2.28. The minimum atomic E-state index is -0.0852. The van der Waals surface area contributed by atoms with Crippen LogP contribution in [0.3, 0.4) is 0 Å². The summed E-state index contributed by atoms with van der Waals surface area (Å²) in [5.74, 6) is 0.826. The maximum atomic E-state index is 12.0. The van der Waals surface area contributed by atoms with Crippen LogP contribution in [-0.4, -0.2) is 31.2 Å². The Morgan fingerprint density at radius 1 is 1.45 bits per heavy atom. The van der Waals surface area contributed by atoms with E-state index in [1.54, 1.807) is 18.3 Å². The Kier molecular flexibility index (Phi) is 3.07. The molecule has 7 heteroatoms. The lowest BCUT2D eigenvalue weighted by atomic mass is 10.1. The van der Waals surface area contributed by atoms with Crippen molar-refractivity contribution in [2.24, 2.45) is 0 Å². The molecule has 1 unspecified atom stereocenters. The fraction of sp³-hybridized carbons (Fsp3) is 0.400. The highest BCUT2D eigenvalue weighted by molar-refractivity contribution is 5.36. The van der Waals surface area contributed by atoms with Crippen LogP contribution in [0.5, 0.6) is 0 Å². The van der Waals surface area contributed by atoms with E-state index in [2.05, 4.69) is 20.1 Å². The van der Waals surface area contributed by atoms with Crippen molar-refractivity contribution in [1.82, 2.24) is 24.7 Å². The number of aryl methyl sites for hydroxylation is 1. The van der Waals surface area contributed by atoms with Crippen molar-refractivity contribution in [3.8, 4) is 0 Å². The van der Waals surface area contributed by atoms with E-state index in [4.69, 9.17) is 4.52 Å². The van der Waals surface area contributed by atoms with E-state index in [0.717, 1.165) is 36.5 Å². The van der Waals surface area contributed by atoms with Crippen molar-refractivity contribution in [2.45, 2.75) is 32.4 Å². The van der Waals surface area contributed by atoms with Crippen LogP contribution in [0.1, 0.15) is 36.0 Å². The monoisotopic (exact) mass is 299 g/mol. The van der Waals surface area contributed by atoms with Gasteiger partial charge in [-0.1, -0.05) is 5.16 Å². The molecule has 1 aliphatic rings. The lowest BCUT2D eigenvalue weighted by Gasteiger charge is -2.21. The first-order valence-electron chi connectivity index (χ1n) is 7.44. The molecule has 1 fully saturated rings. The summed E-state index contributed by atoms with van der Waals surface area (Å²) in [6.45, 7) is 3.52. The molecule has 7 nitrogen and oxygen atoms in total. The van der Waals surface area contributed by atoms with Crippen LogP contribution < -0.4 is 5.56 Å². The average Bonchev–Trinajstić information content (AvgIpc) is 3.19. The van der Waals surface area contributed by atoms with Gasteiger partial charge in [-0.3, -0.25) is 14.8 Å². The molecule has 1 atom stereocenters. The van der Waals surface area contributed by atoms with Gasteiger partial charge in [0, 0.05) is 30.9 Å². The predicted molar refractivity (Wildman–Crippen MR) is 79.4 cm³/mol. The molecular weight excluding hydrogens is 282 g/mol. The summed E-state index contributed by atoms with van der Waals surface area (Å²) < 4.78 is 6.63. The highest BCUT2D eigenvalue weighted by atomic mass is 16.5. The largest absolute Gasteiger partial charge is 0.361 e. The van der Waals surface area contributed by atoms with Gasteiger partial charge in [0.2, 0.25) is 0 Å². The Morgan fingerprint density at radius 3 is 3.18 bits per heavy atom. The first-order valence-corrected chi connectivity index (χ1v) is 7.44. The van der Waals surface area contributed by atoms with Crippen molar-refractivity contribution in [3.63, 3.8) is 0 Å². The molecule has 0 aromatic carbocycles. The molecule has 0 amide bonds. The zero-order valence-electron chi connectivity index (χ0n) is 12.3. The van der Waals surface area contributed by atoms with E-state index < -0.39 is 0 Å². The van der Waals surface area contributed by atoms with Crippen LogP contribution in [0, 0.1) is 6.92 Å². The number of likely N-dealkylation sites (tertiary alicyclic amines) is 1. The highest BCUT2D eigenvalue weighted by Crippen LogP contribution is 2.32. The number of nitrogens with zero attached hydrogens (tertiary/aromatic N) is 4. The number of aromatic amines is 1. The Labute approximate surface area is 126 Å². The van der Waals surface area contributed by atoms with Gasteiger partial charge in [-0.25, -0.2) is 9.50 Å². The predicted octanol–water partition coefficient (Wildman–Crippen LogP) is 1.66. The summed E-state index contributed by atoms with van der Waals surface area (Å²) >= 11 is 0. The summed E-state index contributed by atoms with van der Waals surface area (Å²) in [4.78, 5) is 18.9. The molecule has 1 N–H and O–H groups in total. The van der Waals surface area contributed by atoms with Crippen molar-refractivity contribution in [1.29, 1.82) is 0 Å². The smallest absolute Gasteiger partial charge is 0.272 e. The fourth-order valence-corrected chi connectivity index (χ4v) is 3.16. The van der Waals surface area contributed by atoms with Crippen molar-refractivity contribution in [3.05, 3.63) is 51.9 Å². The molecule has 1 aliphatic heterocycles. The SMILES string of the molecule is Cc1cc(C2CCCN2Cc2cc(=O)n3[nH]ccc3n2)no1. The zero-order valence-corrected chi connectivity index (χ0v) is 12.3. The molecular formula is C15H17N5O2. The first-order chi connectivity index (χ1) is 10.7. The van der Waals surface area contributed by atoms with Crippen molar-refractivity contribution in [2.75, 3.05) is 6.54 Å². The van der Waals surface area contributed by atoms with E-state index >= 15 is 0 Å². The van der Waals surface area contributed by atoms with Gasteiger partial charge >= 0.3 is 0 Å². The molecule has 3 aromatic heterocycles. The lowest BCUT2D eigenvalue weighted by molar-refractivity contribution is 0.234. The zero-order chi connectivity index (χ0) is 15.1. The van der Waals surface area contributed by atoms with Gasteiger partial charge in [0.05, 0.1) is 11.7 Å². The quantitative estimate of drug-likeness (QED) is 0.795. The molecule has 4 heterocycles. The Bertz CT molecular complexity index is 862. The van der Waals surface area contributed by atoms with E-state index in [9.17, 15) is 4.79 Å². The van der Waals surface area contributed by atoms with E-state index in [0.29, 0.717) is 12.2 Å². The molecule has 1 saturated heterocycles. The number of hydrogen-bond donors (Lipinski definition) is 1. The Hall–Kier alpha value is -2.41. The first kappa shape index (κ1) is 13.3. The summed E-state index contributed by atoms with van der Waals surface area (Å²) in [5.41, 5.74) is 2.32. The van der Waals surface area contributed by atoms with Gasteiger partial charge < -0.3 is 4.52 Å². The second kappa shape index (κ2) is 5.10. The van der Waals surface area contributed by atoms with Gasteiger partial charge in [0.25, 0.3) is 5.56 Å². The van der Waals surface area contributed by atoms with Gasteiger partial charge in [-0.05, 0) is 26.3 Å². The number of H-pyrrole nitrogens is 1. The van der Waals surface area contributed by atoms with Crippen LogP contribution in [0.25, 0.3) is 5.65 Å². The third kappa shape index (κ3) is 2.23. The summed E-state index contributed by atoms with van der Waals surface area (Å²) in [7, 11) is 0. The molecule has 3 aromatic rings. The molecule has 0 aliphatic carbocycles. The topological polar surface area (TPSA) is 79.4 Å². The summed E-state index contributed by atoms with van der Waals surface area (Å²) in [6, 6.07) is 5.62. The third-order valence-electron chi connectivity index (χ3n) is 4.15. The average molecular weight is 299 g/mol.